The monoisotopic (exact) mass is 316 g/mol. The molecule has 0 aromatic heterocycles. The summed E-state index contributed by atoms with van der Waals surface area (Å²) in [5, 5.41) is 3.22. The Bertz CT molecular complexity index is 422. The largest absolute Gasteiger partial charge is 0.416 e. The first-order valence-corrected chi connectivity index (χ1v) is 5.46. The molecule has 0 aliphatic carbocycles. The third-order valence-corrected chi connectivity index (χ3v) is 2.93. The molecular formula is C12H17Cl2F3N2. The van der Waals surface area contributed by atoms with Crippen LogP contribution >= 0.6 is 24.8 Å². The number of fused-ring (bicyclic) bond motifs is 1. The van der Waals surface area contributed by atoms with Gasteiger partial charge in [-0.15, -0.1) is 24.8 Å². The number of hydrogen-bond acceptors (Lipinski definition) is 2. The van der Waals surface area contributed by atoms with E-state index in [1.807, 2.05) is 19.0 Å². The lowest BCUT2D eigenvalue weighted by atomic mass is 10.0. The second-order valence-corrected chi connectivity index (χ2v) is 4.61. The highest BCUT2D eigenvalue weighted by molar-refractivity contribution is 5.85. The van der Waals surface area contributed by atoms with E-state index >= 15 is 0 Å². The number of halogens is 5. The topological polar surface area (TPSA) is 15.3 Å². The highest BCUT2D eigenvalue weighted by Gasteiger charge is 2.32. The van der Waals surface area contributed by atoms with Crippen LogP contribution in [-0.4, -0.2) is 25.5 Å². The molecule has 19 heavy (non-hydrogen) atoms. The van der Waals surface area contributed by atoms with Gasteiger partial charge in [0, 0.05) is 19.1 Å². The molecule has 1 heterocycles. The quantitative estimate of drug-likeness (QED) is 0.901. The van der Waals surface area contributed by atoms with Crippen molar-refractivity contribution in [2.75, 3.05) is 20.6 Å². The van der Waals surface area contributed by atoms with Crippen molar-refractivity contribution >= 4 is 24.8 Å². The van der Waals surface area contributed by atoms with Crippen LogP contribution in [0.2, 0.25) is 0 Å². The van der Waals surface area contributed by atoms with E-state index in [2.05, 4.69) is 5.32 Å². The first-order valence-electron chi connectivity index (χ1n) is 5.46. The van der Waals surface area contributed by atoms with Gasteiger partial charge in [0.25, 0.3) is 0 Å². The van der Waals surface area contributed by atoms with Crippen molar-refractivity contribution in [3.05, 3.63) is 34.9 Å². The fraction of sp³-hybridized carbons (Fsp3) is 0.500. The Morgan fingerprint density at radius 2 is 1.89 bits per heavy atom. The average molecular weight is 317 g/mol. The molecule has 2 rings (SSSR count). The Hall–Kier alpha value is -0.490. The Kier molecular flexibility index (Phi) is 6.62. The molecule has 0 radical (unpaired) electrons. The number of rotatable bonds is 2. The van der Waals surface area contributed by atoms with Crippen LogP contribution < -0.4 is 5.32 Å². The molecule has 0 fully saturated rings. The van der Waals surface area contributed by atoms with Gasteiger partial charge in [-0.1, -0.05) is 6.07 Å². The maximum atomic E-state index is 12.5. The van der Waals surface area contributed by atoms with Gasteiger partial charge in [-0.3, -0.25) is 0 Å². The van der Waals surface area contributed by atoms with Crippen molar-refractivity contribution in [3.63, 3.8) is 0 Å². The second kappa shape index (κ2) is 6.79. The van der Waals surface area contributed by atoms with Crippen molar-refractivity contribution in [2.24, 2.45) is 0 Å². The van der Waals surface area contributed by atoms with Gasteiger partial charge in [0.1, 0.15) is 0 Å². The van der Waals surface area contributed by atoms with Gasteiger partial charge in [-0.2, -0.15) is 13.2 Å². The zero-order valence-corrected chi connectivity index (χ0v) is 12.3. The van der Waals surface area contributed by atoms with Gasteiger partial charge < -0.3 is 10.2 Å². The second-order valence-electron chi connectivity index (χ2n) is 4.61. The van der Waals surface area contributed by atoms with Gasteiger partial charge in [-0.05, 0) is 37.4 Å². The smallest absolute Gasteiger partial charge is 0.308 e. The van der Waals surface area contributed by atoms with Gasteiger partial charge >= 0.3 is 6.18 Å². The van der Waals surface area contributed by atoms with Crippen LogP contribution in [0.1, 0.15) is 22.7 Å². The van der Waals surface area contributed by atoms with E-state index < -0.39 is 11.7 Å². The highest BCUT2D eigenvalue weighted by Crippen LogP contribution is 2.34. The Labute approximate surface area is 123 Å². The number of nitrogens with one attached hydrogen (secondary N) is 1. The third-order valence-electron chi connectivity index (χ3n) is 2.93. The zero-order chi connectivity index (χ0) is 12.6. The van der Waals surface area contributed by atoms with Crippen LogP contribution in [-0.2, 0) is 12.7 Å². The first kappa shape index (κ1) is 18.5. The Morgan fingerprint density at radius 1 is 1.26 bits per heavy atom. The minimum Gasteiger partial charge on any atom is -0.308 e. The van der Waals surface area contributed by atoms with Crippen LogP contribution in [0.4, 0.5) is 13.2 Å². The summed E-state index contributed by atoms with van der Waals surface area (Å²) in [5.41, 5.74) is 1.17. The number of alkyl halides is 3. The number of benzene rings is 1. The van der Waals surface area contributed by atoms with E-state index in [1.165, 1.54) is 6.07 Å². The molecule has 2 nitrogen and oxygen atoms in total. The van der Waals surface area contributed by atoms with Gasteiger partial charge in [-0.25, -0.2) is 0 Å². The van der Waals surface area contributed by atoms with E-state index in [4.69, 9.17) is 0 Å². The predicted molar refractivity (Wildman–Crippen MR) is 74.1 cm³/mol. The van der Waals surface area contributed by atoms with E-state index in [0.29, 0.717) is 6.54 Å². The summed E-state index contributed by atoms with van der Waals surface area (Å²) in [6.45, 7) is 1.30. The summed E-state index contributed by atoms with van der Waals surface area (Å²) in [6.07, 6.45) is -4.26. The third kappa shape index (κ3) is 4.24. The summed E-state index contributed by atoms with van der Waals surface area (Å²) in [4.78, 5) is 2.02. The van der Waals surface area contributed by atoms with E-state index in [0.717, 1.165) is 23.7 Å². The molecule has 110 valence electrons. The molecule has 1 aliphatic heterocycles. The van der Waals surface area contributed by atoms with Gasteiger partial charge in [0.15, 0.2) is 0 Å². The lowest BCUT2D eigenvalue weighted by molar-refractivity contribution is -0.137. The van der Waals surface area contributed by atoms with Gasteiger partial charge in [0.05, 0.1) is 5.56 Å². The van der Waals surface area contributed by atoms with E-state index in [1.54, 1.807) is 6.07 Å². The van der Waals surface area contributed by atoms with Crippen LogP contribution in [0, 0.1) is 0 Å². The molecule has 1 aromatic carbocycles. The summed E-state index contributed by atoms with van der Waals surface area (Å²) in [7, 11) is 3.90. The number of nitrogens with zero attached hydrogens (tertiary/aromatic N) is 1. The van der Waals surface area contributed by atoms with Crippen molar-refractivity contribution in [3.8, 4) is 0 Å². The minimum absolute atomic E-state index is 0. The molecule has 0 spiro atoms. The summed E-state index contributed by atoms with van der Waals surface area (Å²) in [5.74, 6) is 0. The lowest BCUT2D eigenvalue weighted by Crippen LogP contribution is -2.26. The standard InChI is InChI=1S/C12H15F3N2.2ClH/c1-17(2)7-11-10-4-3-9(12(13,14)15)5-8(10)6-16-11;;/h3-5,11,16H,6-7H2,1-2H3;2*1H/t11-;;/m0../s1. The molecule has 0 saturated heterocycles. The number of likely N-dealkylation sites (N-methyl/N-ethyl adjacent to an activating group) is 1. The maximum Gasteiger partial charge on any atom is 0.416 e. The molecule has 1 aliphatic rings. The van der Waals surface area contributed by atoms with Crippen molar-refractivity contribution in [1.29, 1.82) is 0 Å². The van der Waals surface area contributed by atoms with Crippen LogP contribution in [0.5, 0.6) is 0 Å². The maximum absolute atomic E-state index is 12.5. The molecule has 1 aromatic rings. The lowest BCUT2D eigenvalue weighted by Gasteiger charge is -2.17. The fourth-order valence-electron chi connectivity index (χ4n) is 2.15. The Balaban J connectivity index is 0.00000162. The summed E-state index contributed by atoms with van der Waals surface area (Å²) >= 11 is 0. The fourth-order valence-corrected chi connectivity index (χ4v) is 2.15. The number of hydrogen-bond donors (Lipinski definition) is 1. The van der Waals surface area contributed by atoms with Gasteiger partial charge in [0.2, 0.25) is 0 Å². The first-order chi connectivity index (χ1) is 7.88. The molecule has 0 saturated carbocycles. The van der Waals surface area contributed by atoms with Crippen molar-refractivity contribution in [1.82, 2.24) is 10.2 Å². The molecule has 1 atom stereocenters. The predicted octanol–water partition coefficient (Wildman–Crippen LogP) is 3.25. The molecule has 0 bridgehead atoms. The van der Waals surface area contributed by atoms with Crippen LogP contribution in [0.15, 0.2) is 18.2 Å². The summed E-state index contributed by atoms with van der Waals surface area (Å²) < 4.78 is 37.6. The SMILES string of the molecule is CN(C)C[C@@H]1NCc2cc(C(F)(F)F)ccc21.Cl.Cl. The zero-order valence-electron chi connectivity index (χ0n) is 10.6. The molecule has 7 heteroatoms. The van der Waals surface area contributed by atoms with Crippen LogP contribution in [0.25, 0.3) is 0 Å². The average Bonchev–Trinajstić information content (AvgIpc) is 2.59. The van der Waals surface area contributed by atoms with Crippen LogP contribution in [0.3, 0.4) is 0 Å². The highest BCUT2D eigenvalue weighted by atomic mass is 35.5. The Morgan fingerprint density at radius 3 is 2.42 bits per heavy atom. The van der Waals surface area contributed by atoms with E-state index in [9.17, 15) is 13.2 Å². The molecule has 0 unspecified atom stereocenters. The van der Waals surface area contributed by atoms with Crippen molar-refractivity contribution in [2.45, 2.75) is 18.8 Å². The molecular weight excluding hydrogens is 300 g/mol. The summed E-state index contributed by atoms with van der Waals surface area (Å²) in [6, 6.07) is 4.13. The van der Waals surface area contributed by atoms with Crippen molar-refractivity contribution < 1.29 is 13.2 Å². The van der Waals surface area contributed by atoms with E-state index in [-0.39, 0.29) is 30.9 Å². The normalized spacial score (nSPS) is 17.7. The molecule has 0 amide bonds. The molecule has 1 N–H and O–H groups in total. The minimum atomic E-state index is -4.26.